The Kier molecular flexibility index (Phi) is 4.26. The normalized spacial score (nSPS) is 33.9. The lowest BCUT2D eigenvalue weighted by Crippen LogP contribution is -2.52. The van der Waals surface area contributed by atoms with E-state index in [0.29, 0.717) is 6.04 Å². The summed E-state index contributed by atoms with van der Waals surface area (Å²) in [5, 5.41) is 0. The summed E-state index contributed by atoms with van der Waals surface area (Å²) >= 11 is 0. The van der Waals surface area contributed by atoms with Crippen molar-refractivity contribution in [1.82, 2.24) is 4.90 Å². The predicted octanol–water partition coefficient (Wildman–Crippen LogP) is 2.62. The Hall–Kier alpha value is -0.0800. The van der Waals surface area contributed by atoms with Crippen LogP contribution in [0.15, 0.2) is 0 Å². The van der Waals surface area contributed by atoms with E-state index in [1.165, 1.54) is 45.1 Å². The Balaban J connectivity index is 1.96. The molecule has 2 nitrogen and oxygen atoms in total. The van der Waals surface area contributed by atoms with Crippen molar-refractivity contribution in [2.24, 2.45) is 17.6 Å². The summed E-state index contributed by atoms with van der Waals surface area (Å²) in [6.07, 6.45) is 8.32. The molecule has 0 aromatic carbocycles. The van der Waals surface area contributed by atoms with Crippen molar-refractivity contribution in [2.75, 3.05) is 13.1 Å². The van der Waals surface area contributed by atoms with Gasteiger partial charge in [0.25, 0.3) is 0 Å². The second-order valence-electron chi connectivity index (χ2n) is 5.74. The van der Waals surface area contributed by atoms with Gasteiger partial charge in [0.2, 0.25) is 0 Å². The average Bonchev–Trinajstić information content (AvgIpc) is 3.15. The molecule has 0 aromatic rings. The Morgan fingerprint density at radius 1 is 1.25 bits per heavy atom. The van der Waals surface area contributed by atoms with Crippen LogP contribution in [0.4, 0.5) is 0 Å². The summed E-state index contributed by atoms with van der Waals surface area (Å²) in [4.78, 5) is 2.75. The fourth-order valence-electron chi connectivity index (χ4n) is 3.51. The first-order valence-electron chi connectivity index (χ1n) is 7.25. The number of piperidine rings is 1. The smallest absolute Gasteiger partial charge is 0.0224 e. The van der Waals surface area contributed by atoms with E-state index in [0.717, 1.165) is 24.4 Å². The van der Waals surface area contributed by atoms with Gasteiger partial charge in [-0.3, -0.25) is 4.90 Å². The van der Waals surface area contributed by atoms with Gasteiger partial charge in [-0.2, -0.15) is 0 Å². The minimum absolute atomic E-state index is 0.671. The highest BCUT2D eigenvalue weighted by Crippen LogP contribution is 2.39. The number of hydrogen-bond acceptors (Lipinski definition) is 2. The highest BCUT2D eigenvalue weighted by atomic mass is 15.2. The van der Waals surface area contributed by atoms with Crippen molar-refractivity contribution in [1.29, 1.82) is 0 Å². The van der Waals surface area contributed by atoms with E-state index in [9.17, 15) is 0 Å². The Morgan fingerprint density at radius 2 is 2.00 bits per heavy atom. The number of hydrogen-bond donors (Lipinski definition) is 1. The molecular formula is C14H28N2. The molecule has 3 unspecified atom stereocenters. The van der Waals surface area contributed by atoms with Crippen LogP contribution in [0.1, 0.15) is 52.4 Å². The number of likely N-dealkylation sites (tertiary alicyclic amines) is 1. The molecule has 0 spiro atoms. The molecular weight excluding hydrogens is 196 g/mol. The Morgan fingerprint density at radius 3 is 2.50 bits per heavy atom. The van der Waals surface area contributed by atoms with Gasteiger partial charge in [0.05, 0.1) is 0 Å². The number of nitrogens with two attached hydrogens (primary N) is 1. The van der Waals surface area contributed by atoms with Crippen molar-refractivity contribution >= 4 is 0 Å². The van der Waals surface area contributed by atoms with Crippen molar-refractivity contribution in [3.05, 3.63) is 0 Å². The van der Waals surface area contributed by atoms with Crippen molar-refractivity contribution in [3.63, 3.8) is 0 Å². The van der Waals surface area contributed by atoms with Crippen LogP contribution < -0.4 is 5.73 Å². The van der Waals surface area contributed by atoms with E-state index < -0.39 is 0 Å². The van der Waals surface area contributed by atoms with Crippen molar-refractivity contribution in [2.45, 2.75) is 64.5 Å². The minimum Gasteiger partial charge on any atom is -0.329 e. The highest BCUT2D eigenvalue weighted by molar-refractivity contribution is 4.93. The second kappa shape index (κ2) is 5.50. The summed E-state index contributed by atoms with van der Waals surface area (Å²) < 4.78 is 0. The molecule has 2 fully saturated rings. The molecule has 0 aromatic heterocycles. The summed E-state index contributed by atoms with van der Waals surface area (Å²) in [6.45, 7) is 6.84. The molecule has 1 saturated heterocycles. The zero-order valence-corrected chi connectivity index (χ0v) is 11.0. The monoisotopic (exact) mass is 224 g/mol. The van der Waals surface area contributed by atoms with E-state index in [4.69, 9.17) is 5.73 Å². The van der Waals surface area contributed by atoms with Gasteiger partial charge in [-0.15, -0.1) is 0 Å². The Labute approximate surface area is 101 Å². The van der Waals surface area contributed by atoms with E-state index in [2.05, 4.69) is 18.7 Å². The third-order valence-electron chi connectivity index (χ3n) is 4.73. The molecule has 0 bridgehead atoms. The fraction of sp³-hybridized carbons (Fsp3) is 1.00. The van der Waals surface area contributed by atoms with Gasteiger partial charge in [0.15, 0.2) is 0 Å². The van der Waals surface area contributed by atoms with E-state index in [1.807, 2.05) is 0 Å². The maximum Gasteiger partial charge on any atom is 0.0224 e. The van der Waals surface area contributed by atoms with Crippen molar-refractivity contribution < 1.29 is 0 Å². The lowest BCUT2D eigenvalue weighted by molar-refractivity contribution is 0.0583. The molecule has 94 valence electrons. The summed E-state index contributed by atoms with van der Waals surface area (Å²) in [5.41, 5.74) is 5.98. The molecule has 2 N–H and O–H groups in total. The zero-order chi connectivity index (χ0) is 11.5. The first-order chi connectivity index (χ1) is 7.80. The number of rotatable bonds is 5. The molecule has 0 radical (unpaired) electrons. The highest BCUT2D eigenvalue weighted by Gasteiger charge is 2.38. The lowest BCUT2D eigenvalue weighted by Gasteiger charge is -2.43. The fourth-order valence-corrected chi connectivity index (χ4v) is 3.51. The molecule has 1 saturated carbocycles. The molecule has 1 heterocycles. The van der Waals surface area contributed by atoms with Crippen LogP contribution in [0.25, 0.3) is 0 Å². The Bertz CT molecular complexity index is 213. The van der Waals surface area contributed by atoms with Gasteiger partial charge in [0.1, 0.15) is 0 Å². The second-order valence-corrected chi connectivity index (χ2v) is 5.74. The SMILES string of the molecule is CCC1CCN(C(CC)C2CC2)C(CN)C1. The maximum absolute atomic E-state index is 5.98. The van der Waals surface area contributed by atoms with Gasteiger partial charge in [-0.1, -0.05) is 20.3 Å². The quantitative estimate of drug-likeness (QED) is 0.778. The van der Waals surface area contributed by atoms with Gasteiger partial charge < -0.3 is 5.73 Å². The van der Waals surface area contributed by atoms with Gasteiger partial charge >= 0.3 is 0 Å². The van der Waals surface area contributed by atoms with E-state index in [-0.39, 0.29) is 0 Å². The average molecular weight is 224 g/mol. The third-order valence-corrected chi connectivity index (χ3v) is 4.73. The molecule has 16 heavy (non-hydrogen) atoms. The summed E-state index contributed by atoms with van der Waals surface area (Å²) in [5.74, 6) is 1.93. The van der Waals surface area contributed by atoms with Crippen LogP contribution in [-0.2, 0) is 0 Å². The van der Waals surface area contributed by atoms with Gasteiger partial charge in [-0.05, 0) is 50.5 Å². The molecule has 0 amide bonds. The zero-order valence-electron chi connectivity index (χ0n) is 11.0. The van der Waals surface area contributed by atoms with E-state index in [1.54, 1.807) is 0 Å². The number of nitrogens with zero attached hydrogens (tertiary/aromatic N) is 1. The van der Waals surface area contributed by atoms with Crippen LogP contribution in [0, 0.1) is 11.8 Å². The lowest BCUT2D eigenvalue weighted by atomic mass is 9.87. The van der Waals surface area contributed by atoms with Crippen LogP contribution in [0.3, 0.4) is 0 Å². The molecule has 3 atom stereocenters. The predicted molar refractivity (Wildman–Crippen MR) is 69.4 cm³/mol. The van der Waals surface area contributed by atoms with E-state index >= 15 is 0 Å². The van der Waals surface area contributed by atoms with Crippen LogP contribution in [-0.4, -0.2) is 30.1 Å². The van der Waals surface area contributed by atoms with Crippen LogP contribution >= 0.6 is 0 Å². The maximum atomic E-state index is 5.98. The van der Waals surface area contributed by atoms with Crippen molar-refractivity contribution in [3.8, 4) is 0 Å². The van der Waals surface area contributed by atoms with Crippen LogP contribution in [0.2, 0.25) is 0 Å². The molecule has 2 heteroatoms. The first-order valence-corrected chi connectivity index (χ1v) is 7.25. The summed E-state index contributed by atoms with van der Waals surface area (Å²) in [7, 11) is 0. The van der Waals surface area contributed by atoms with Gasteiger partial charge in [0, 0.05) is 18.6 Å². The standard InChI is InChI=1S/C14H28N2/c1-3-11-7-8-16(13(9-11)10-15)14(4-2)12-5-6-12/h11-14H,3-10,15H2,1-2H3. The minimum atomic E-state index is 0.671. The molecule has 2 rings (SSSR count). The topological polar surface area (TPSA) is 29.3 Å². The molecule has 1 aliphatic heterocycles. The summed E-state index contributed by atoms with van der Waals surface area (Å²) in [6, 6.07) is 1.51. The third kappa shape index (κ3) is 2.60. The van der Waals surface area contributed by atoms with Crippen LogP contribution in [0.5, 0.6) is 0 Å². The molecule has 1 aliphatic carbocycles. The van der Waals surface area contributed by atoms with Gasteiger partial charge in [-0.25, -0.2) is 0 Å². The molecule has 2 aliphatic rings. The first kappa shape index (κ1) is 12.4. The largest absolute Gasteiger partial charge is 0.329 e.